The fourth-order valence-electron chi connectivity index (χ4n) is 1.63. The highest BCUT2D eigenvalue weighted by Gasteiger charge is 2.36. The summed E-state index contributed by atoms with van der Waals surface area (Å²) >= 11 is 0. The van der Waals surface area contributed by atoms with Crippen molar-refractivity contribution in [3.63, 3.8) is 0 Å². The molecule has 56 valence electrons. The van der Waals surface area contributed by atoms with Crippen LogP contribution in [0.4, 0.5) is 0 Å². The zero-order valence-electron chi connectivity index (χ0n) is 6.13. The molecule has 1 fully saturated rings. The molecule has 1 N–H and O–H groups in total. The van der Waals surface area contributed by atoms with Crippen LogP contribution in [0.2, 0.25) is 0 Å². The van der Waals surface area contributed by atoms with E-state index in [1.807, 2.05) is 0 Å². The summed E-state index contributed by atoms with van der Waals surface area (Å²) in [5.41, 5.74) is 1.23. The molecule has 0 saturated carbocycles. The van der Waals surface area contributed by atoms with Crippen molar-refractivity contribution in [2.75, 3.05) is 13.1 Å². The van der Waals surface area contributed by atoms with E-state index >= 15 is 0 Å². The molecule has 0 radical (unpaired) electrons. The van der Waals surface area contributed by atoms with Crippen LogP contribution in [0.25, 0.3) is 0 Å². The summed E-state index contributed by atoms with van der Waals surface area (Å²) in [5.74, 6) is 0.574. The lowest BCUT2D eigenvalue weighted by molar-refractivity contribution is 0.0841. The van der Waals surface area contributed by atoms with Gasteiger partial charge in [-0.15, -0.1) is 0 Å². The first-order chi connectivity index (χ1) is 4.92. The number of fused-ring (bicyclic) bond motifs is 1. The van der Waals surface area contributed by atoms with Crippen molar-refractivity contribution in [1.82, 2.24) is 5.32 Å². The lowest BCUT2D eigenvalue weighted by Crippen LogP contribution is -2.20. The third-order valence-corrected chi connectivity index (χ3v) is 2.25. The van der Waals surface area contributed by atoms with Gasteiger partial charge in [-0.1, -0.05) is 12.1 Å². The molecule has 2 atom stereocenters. The van der Waals surface area contributed by atoms with Crippen LogP contribution < -0.4 is 5.32 Å². The maximum atomic E-state index is 5.21. The molecule has 2 heterocycles. The minimum atomic E-state index is 0.343. The standard InChI is InChI=1S/C7H12N2O/c1-2-6-5-3-8-4-7(5)10-9-6/h5,7-8H,2-4H2,1H3. The summed E-state index contributed by atoms with van der Waals surface area (Å²) in [6.07, 6.45) is 1.37. The lowest BCUT2D eigenvalue weighted by atomic mass is 9.99. The molecular formula is C7H12N2O. The number of hydrogen-bond acceptors (Lipinski definition) is 3. The molecule has 0 amide bonds. The third-order valence-electron chi connectivity index (χ3n) is 2.25. The molecule has 0 aromatic rings. The second kappa shape index (κ2) is 2.23. The summed E-state index contributed by atoms with van der Waals surface area (Å²) in [7, 11) is 0. The van der Waals surface area contributed by atoms with E-state index in [1.54, 1.807) is 0 Å². The molecule has 1 saturated heterocycles. The van der Waals surface area contributed by atoms with Gasteiger partial charge >= 0.3 is 0 Å². The summed E-state index contributed by atoms with van der Waals surface area (Å²) in [6.45, 7) is 4.15. The predicted molar refractivity (Wildman–Crippen MR) is 39.0 cm³/mol. The first kappa shape index (κ1) is 6.16. The average molecular weight is 140 g/mol. The van der Waals surface area contributed by atoms with E-state index in [-0.39, 0.29) is 0 Å². The van der Waals surface area contributed by atoms with E-state index in [9.17, 15) is 0 Å². The quantitative estimate of drug-likeness (QED) is 0.571. The van der Waals surface area contributed by atoms with E-state index < -0.39 is 0 Å². The lowest BCUT2D eigenvalue weighted by Gasteiger charge is -2.04. The molecule has 0 spiro atoms. The Kier molecular flexibility index (Phi) is 1.38. The molecule has 2 unspecified atom stereocenters. The van der Waals surface area contributed by atoms with Crippen LogP contribution >= 0.6 is 0 Å². The molecule has 3 heteroatoms. The number of rotatable bonds is 1. The normalized spacial score (nSPS) is 37.1. The monoisotopic (exact) mass is 140 g/mol. The van der Waals surface area contributed by atoms with Gasteiger partial charge in [-0.2, -0.15) is 0 Å². The van der Waals surface area contributed by atoms with Gasteiger partial charge < -0.3 is 10.2 Å². The van der Waals surface area contributed by atoms with Crippen LogP contribution in [0.15, 0.2) is 5.16 Å². The Morgan fingerprint density at radius 1 is 1.70 bits per heavy atom. The van der Waals surface area contributed by atoms with Gasteiger partial charge in [0.15, 0.2) is 0 Å². The highest BCUT2D eigenvalue weighted by atomic mass is 16.6. The Hall–Kier alpha value is -0.570. The Balaban J connectivity index is 2.10. The first-order valence-corrected chi connectivity index (χ1v) is 3.85. The SMILES string of the molecule is CCC1=NOC2CNCC12. The van der Waals surface area contributed by atoms with Crippen LogP contribution in [0, 0.1) is 5.92 Å². The molecule has 0 bridgehead atoms. The van der Waals surface area contributed by atoms with Gasteiger partial charge in [0, 0.05) is 13.1 Å². The average Bonchev–Trinajstić information content (AvgIpc) is 2.44. The molecule has 2 aliphatic rings. The minimum Gasteiger partial charge on any atom is -0.390 e. The van der Waals surface area contributed by atoms with Gasteiger partial charge in [-0.25, -0.2) is 0 Å². The summed E-state index contributed by atoms with van der Waals surface area (Å²) in [5, 5.41) is 7.30. The largest absolute Gasteiger partial charge is 0.390 e. The fourth-order valence-corrected chi connectivity index (χ4v) is 1.63. The second-order valence-corrected chi connectivity index (χ2v) is 2.84. The van der Waals surface area contributed by atoms with Gasteiger partial charge in [0.05, 0.1) is 11.6 Å². The van der Waals surface area contributed by atoms with E-state index in [2.05, 4.69) is 17.4 Å². The molecule has 0 aromatic heterocycles. The smallest absolute Gasteiger partial charge is 0.149 e. The van der Waals surface area contributed by atoms with Crippen molar-refractivity contribution in [2.24, 2.45) is 11.1 Å². The van der Waals surface area contributed by atoms with Crippen LogP contribution in [-0.2, 0) is 4.84 Å². The van der Waals surface area contributed by atoms with E-state index in [0.29, 0.717) is 12.0 Å². The Morgan fingerprint density at radius 3 is 3.40 bits per heavy atom. The van der Waals surface area contributed by atoms with Crippen LogP contribution in [0.1, 0.15) is 13.3 Å². The van der Waals surface area contributed by atoms with Gasteiger partial charge in [-0.05, 0) is 6.42 Å². The topological polar surface area (TPSA) is 33.6 Å². The molecule has 0 aromatic carbocycles. The Labute approximate surface area is 60.4 Å². The maximum absolute atomic E-state index is 5.21. The second-order valence-electron chi connectivity index (χ2n) is 2.84. The number of nitrogens with one attached hydrogen (secondary N) is 1. The fraction of sp³-hybridized carbons (Fsp3) is 0.857. The highest BCUT2D eigenvalue weighted by Crippen LogP contribution is 2.22. The summed E-state index contributed by atoms with van der Waals surface area (Å²) < 4.78 is 0. The van der Waals surface area contributed by atoms with Crippen molar-refractivity contribution >= 4 is 5.71 Å². The van der Waals surface area contributed by atoms with E-state index in [0.717, 1.165) is 19.5 Å². The zero-order chi connectivity index (χ0) is 6.97. The van der Waals surface area contributed by atoms with Gasteiger partial charge in [-0.3, -0.25) is 0 Å². The van der Waals surface area contributed by atoms with Crippen molar-refractivity contribution < 1.29 is 4.84 Å². The van der Waals surface area contributed by atoms with Crippen molar-refractivity contribution in [3.8, 4) is 0 Å². The third kappa shape index (κ3) is 0.736. The molecule has 2 rings (SSSR count). The molecular weight excluding hydrogens is 128 g/mol. The van der Waals surface area contributed by atoms with E-state index in [1.165, 1.54) is 5.71 Å². The van der Waals surface area contributed by atoms with Crippen LogP contribution in [0.5, 0.6) is 0 Å². The zero-order valence-corrected chi connectivity index (χ0v) is 6.13. The van der Waals surface area contributed by atoms with Crippen LogP contribution in [0.3, 0.4) is 0 Å². The summed E-state index contributed by atoms with van der Waals surface area (Å²) in [6, 6.07) is 0. The predicted octanol–water partition coefficient (Wildman–Crippen LogP) is 0.371. The van der Waals surface area contributed by atoms with Gasteiger partial charge in [0.2, 0.25) is 0 Å². The summed E-state index contributed by atoms with van der Waals surface area (Å²) in [4.78, 5) is 5.21. The minimum absolute atomic E-state index is 0.343. The van der Waals surface area contributed by atoms with E-state index in [4.69, 9.17) is 4.84 Å². The van der Waals surface area contributed by atoms with Crippen molar-refractivity contribution in [3.05, 3.63) is 0 Å². The van der Waals surface area contributed by atoms with Crippen molar-refractivity contribution in [1.29, 1.82) is 0 Å². The van der Waals surface area contributed by atoms with Crippen molar-refractivity contribution in [2.45, 2.75) is 19.4 Å². The molecule has 0 aliphatic carbocycles. The highest BCUT2D eigenvalue weighted by molar-refractivity contribution is 5.88. The first-order valence-electron chi connectivity index (χ1n) is 3.85. The number of nitrogens with zero attached hydrogens (tertiary/aromatic N) is 1. The number of oxime groups is 1. The van der Waals surface area contributed by atoms with Gasteiger partial charge in [0.1, 0.15) is 6.10 Å². The molecule has 3 nitrogen and oxygen atoms in total. The molecule has 2 aliphatic heterocycles. The van der Waals surface area contributed by atoms with Crippen LogP contribution in [-0.4, -0.2) is 24.9 Å². The number of hydrogen-bond donors (Lipinski definition) is 1. The Bertz CT molecular complexity index is 167. The Morgan fingerprint density at radius 2 is 2.60 bits per heavy atom. The molecule has 10 heavy (non-hydrogen) atoms. The van der Waals surface area contributed by atoms with Gasteiger partial charge in [0.25, 0.3) is 0 Å². The maximum Gasteiger partial charge on any atom is 0.149 e.